The smallest absolute Gasteiger partial charge is 0.163 e. The number of hydrogen-bond donors (Lipinski definition) is 2. The quantitative estimate of drug-likeness (QED) is 0.117. The van der Waals surface area contributed by atoms with Crippen LogP contribution in [-0.4, -0.2) is 119 Å². The van der Waals surface area contributed by atoms with Crippen molar-refractivity contribution >= 4 is 46.4 Å². The van der Waals surface area contributed by atoms with Gasteiger partial charge in [0.05, 0.1) is 75.6 Å². The first-order chi connectivity index (χ1) is 49.3. The summed E-state index contributed by atoms with van der Waals surface area (Å²) in [4.78, 5) is 20.4. The van der Waals surface area contributed by atoms with Gasteiger partial charge in [0, 0.05) is 44.3 Å². The van der Waals surface area contributed by atoms with Crippen LogP contribution >= 0.6 is 0 Å². The van der Waals surface area contributed by atoms with Crippen LogP contribution < -0.4 is 0 Å². The number of benzene rings is 4. The summed E-state index contributed by atoms with van der Waals surface area (Å²) in [6.07, 6.45) is 4.41. The Labute approximate surface area is 606 Å². The van der Waals surface area contributed by atoms with Gasteiger partial charge in [-0.25, -0.2) is 9.97 Å². The molecule has 546 valence electrons. The Bertz CT molecular complexity index is 4080. The Morgan fingerprint density at radius 1 is 0.231 bits per heavy atom. The van der Waals surface area contributed by atoms with Crippen LogP contribution in [0.2, 0.25) is 0 Å². The van der Waals surface area contributed by atoms with Crippen molar-refractivity contribution in [3.63, 3.8) is 0 Å². The largest absolute Gasteiger partial charge is 0.354 e. The number of rotatable bonds is 12. The van der Waals surface area contributed by atoms with Gasteiger partial charge in [0.2, 0.25) is 0 Å². The molecule has 0 saturated carbocycles. The summed E-state index contributed by atoms with van der Waals surface area (Å²) in [6.45, 7) is 33.6. The van der Waals surface area contributed by atoms with Gasteiger partial charge < -0.3 is 85.8 Å². The molecule has 10 aliphatic heterocycles. The van der Waals surface area contributed by atoms with Gasteiger partial charge in [-0.2, -0.15) is 0 Å². The molecule has 10 aliphatic rings. The molecule has 0 spiro atoms. The lowest BCUT2D eigenvalue weighted by Gasteiger charge is -2.24. The van der Waals surface area contributed by atoms with Gasteiger partial charge in [-0.1, -0.05) is 72.8 Å². The third-order valence-corrected chi connectivity index (χ3v) is 21.1. The van der Waals surface area contributed by atoms with Crippen LogP contribution in [0.25, 0.3) is 90.9 Å². The molecule has 8 bridgehead atoms. The first-order valence-electron chi connectivity index (χ1n) is 36.5. The summed E-state index contributed by atoms with van der Waals surface area (Å²) in [5, 5.41) is 0. The second-order valence-electron chi connectivity index (χ2n) is 32.3. The zero-order valence-corrected chi connectivity index (χ0v) is 62.2. The Morgan fingerprint density at radius 3 is 0.519 bits per heavy atom. The van der Waals surface area contributed by atoms with Crippen LogP contribution in [0.5, 0.6) is 0 Å². The molecule has 4 aromatic carbocycles. The molecular weight excluding hydrogens is 1320 g/mol. The number of aromatic nitrogens is 4. The number of ether oxygens (including phenoxy) is 16. The van der Waals surface area contributed by atoms with Gasteiger partial charge in [0.1, 0.15) is 48.8 Å². The summed E-state index contributed by atoms with van der Waals surface area (Å²) < 4.78 is 107. The fourth-order valence-corrected chi connectivity index (χ4v) is 16.6. The van der Waals surface area contributed by atoms with Gasteiger partial charge >= 0.3 is 0 Å². The van der Waals surface area contributed by atoms with Crippen LogP contribution in [0.3, 0.4) is 0 Å². The second-order valence-corrected chi connectivity index (χ2v) is 32.3. The molecule has 104 heavy (non-hydrogen) atoms. The predicted octanol–water partition coefficient (Wildman–Crippen LogP) is 17.9. The van der Waals surface area contributed by atoms with E-state index in [1.807, 2.05) is 111 Å². The molecule has 0 aliphatic carbocycles. The van der Waals surface area contributed by atoms with Crippen molar-refractivity contribution in [1.82, 2.24) is 19.9 Å². The van der Waals surface area contributed by atoms with Crippen LogP contribution in [-0.2, 0) is 75.8 Å². The van der Waals surface area contributed by atoms with Crippen LogP contribution in [0.4, 0.5) is 0 Å². The van der Waals surface area contributed by atoms with E-state index in [2.05, 4.69) is 131 Å². The van der Waals surface area contributed by atoms with E-state index in [-0.39, 0.29) is 0 Å². The first kappa shape index (κ1) is 69.9. The minimum absolute atomic E-state index is 0.292. The molecule has 20 heteroatoms. The van der Waals surface area contributed by atoms with Crippen molar-refractivity contribution in [2.75, 3.05) is 52.9 Å². The first-order valence-corrected chi connectivity index (χ1v) is 36.5. The van der Waals surface area contributed by atoms with Crippen molar-refractivity contribution in [3.05, 3.63) is 164 Å². The molecule has 3 aromatic heterocycles. The van der Waals surface area contributed by atoms with E-state index >= 15 is 0 Å². The lowest BCUT2D eigenvalue weighted by atomic mass is 9.88. The number of H-pyrrole nitrogens is 2. The molecule has 8 saturated heterocycles. The number of aromatic amines is 2. The SMILES string of the molecule is CC1(C)OC[C@H](c2cccc([C@H]3COC(C)(C)O3)c2-c2c3nc(c(-c4c([C@H]5COC(C)(C)O5)cccc4[C@H]4COC(C)(C)O4)c4ccc([nH]4)c(-c4c([C@H]5COC(C)(C)O5)cccc4[C@H]4COC(C)(C)O4)c4nc(c(-c5c([C@H]6COC(C)(C)O6)cccc5[C@H]5COC(C)(C)O5)c5ccc2[nH]5)C=C4)C=C3)O1. The summed E-state index contributed by atoms with van der Waals surface area (Å²) in [6, 6.07) is 34.0. The number of fused-ring (bicyclic) bond motifs is 8. The monoisotopic (exact) mass is 1410 g/mol. The zero-order chi connectivity index (χ0) is 72.4. The molecule has 17 rings (SSSR count). The number of nitrogens with one attached hydrogen (secondary N) is 2. The highest BCUT2D eigenvalue weighted by Gasteiger charge is 2.46. The van der Waals surface area contributed by atoms with Crippen molar-refractivity contribution in [3.8, 4) is 44.5 Å². The van der Waals surface area contributed by atoms with Gasteiger partial charge in [-0.3, -0.25) is 0 Å². The Kier molecular flexibility index (Phi) is 16.9. The summed E-state index contributed by atoms with van der Waals surface area (Å²) >= 11 is 0. The van der Waals surface area contributed by atoms with Gasteiger partial charge in [0.15, 0.2) is 46.3 Å². The molecular formula is C84H94N4O16. The lowest BCUT2D eigenvalue weighted by Crippen LogP contribution is -2.20. The predicted molar refractivity (Wildman–Crippen MR) is 391 cm³/mol. The van der Waals surface area contributed by atoms with E-state index in [9.17, 15) is 0 Å². The number of nitrogens with zero attached hydrogens (tertiary/aromatic N) is 2. The Hall–Kier alpha value is -7.16. The standard InChI is InChI=1S/C84H94N4O16/c1-77(2)89-37-61(97-77)45-21-17-22-46(62-38-90-78(3,4)98-62)69(45)73-53-29-31-55(85-53)74(70-47(63-39-91-79(5,6)99-63)23-18-24-48(70)64-40-92-80(7,8)100-64)57-33-35-59(87-57)76(72-51(67-43-95-83(13,14)103-67)27-20-28-52(72)68-44-96-84(15,16)104-68)60-36-34-58(88-60)75(56-32-30-54(73)86-56)71-49(65-41-93-81(9,10)101-65)25-19-26-50(71)66-42-94-82(11,12)102-66/h17-36,61-68,85,88H,37-44H2,1-16H3/t61-,62-,63-,64-,65-,66-,67-,68-/m1/s1. The molecule has 20 nitrogen and oxygen atoms in total. The van der Waals surface area contributed by atoms with Gasteiger partial charge in [0.25, 0.3) is 0 Å². The van der Waals surface area contributed by atoms with E-state index in [1.165, 1.54) is 0 Å². The highest BCUT2D eigenvalue weighted by atomic mass is 16.8. The molecule has 8 atom stereocenters. The highest BCUT2D eigenvalue weighted by Crippen LogP contribution is 2.54. The molecule has 2 N–H and O–H groups in total. The second kappa shape index (κ2) is 25.2. The summed E-state index contributed by atoms with van der Waals surface area (Å²) in [5.41, 5.74) is 19.2. The zero-order valence-electron chi connectivity index (χ0n) is 62.2. The minimum atomic E-state index is -0.890. The van der Waals surface area contributed by atoms with Crippen molar-refractivity contribution in [2.24, 2.45) is 0 Å². The third-order valence-electron chi connectivity index (χ3n) is 21.1. The summed E-state index contributed by atoms with van der Waals surface area (Å²) in [5.74, 6) is -7.12. The molecule has 0 amide bonds. The lowest BCUT2D eigenvalue weighted by molar-refractivity contribution is -0.140. The maximum Gasteiger partial charge on any atom is 0.163 e. The normalized spacial score (nSPS) is 28.0. The molecule has 13 heterocycles. The van der Waals surface area contributed by atoms with E-state index < -0.39 is 95.1 Å². The van der Waals surface area contributed by atoms with E-state index in [0.29, 0.717) is 75.6 Å². The Morgan fingerprint density at radius 2 is 0.385 bits per heavy atom. The van der Waals surface area contributed by atoms with Gasteiger partial charge in [-0.15, -0.1) is 0 Å². The van der Waals surface area contributed by atoms with E-state index in [1.54, 1.807) is 0 Å². The van der Waals surface area contributed by atoms with Crippen molar-refractivity contribution in [2.45, 2.75) is 206 Å². The fraction of sp³-hybridized carbons (Fsp3) is 0.476. The maximum atomic E-state index is 6.93. The minimum Gasteiger partial charge on any atom is -0.354 e. The summed E-state index contributed by atoms with van der Waals surface area (Å²) in [7, 11) is 0. The number of hydrogen-bond acceptors (Lipinski definition) is 18. The highest BCUT2D eigenvalue weighted by molar-refractivity contribution is 6.02. The van der Waals surface area contributed by atoms with E-state index in [4.69, 9.17) is 85.8 Å². The molecule has 0 radical (unpaired) electrons. The van der Waals surface area contributed by atoms with Crippen LogP contribution in [0, 0.1) is 0 Å². The van der Waals surface area contributed by atoms with Crippen molar-refractivity contribution < 1.29 is 75.8 Å². The van der Waals surface area contributed by atoms with E-state index in [0.717, 1.165) is 111 Å². The molecule has 7 aromatic rings. The average molecular weight is 1420 g/mol. The molecule has 8 fully saturated rings. The van der Waals surface area contributed by atoms with Crippen LogP contribution in [0.1, 0.15) is 227 Å². The van der Waals surface area contributed by atoms with Gasteiger partial charge in [-0.05, 0) is 226 Å². The Balaban J connectivity index is 1.06. The fourth-order valence-electron chi connectivity index (χ4n) is 16.6. The van der Waals surface area contributed by atoms with Crippen LogP contribution in [0.15, 0.2) is 97.1 Å². The third kappa shape index (κ3) is 13.1. The van der Waals surface area contributed by atoms with Crippen molar-refractivity contribution in [1.29, 1.82) is 0 Å². The average Bonchev–Trinajstić information content (AvgIpc) is 1.52. The molecule has 0 unspecified atom stereocenters. The maximum absolute atomic E-state index is 6.93. The topological polar surface area (TPSA) is 205 Å².